The van der Waals surface area contributed by atoms with Crippen LogP contribution in [-0.4, -0.2) is 11.5 Å². The summed E-state index contributed by atoms with van der Waals surface area (Å²) in [6.07, 6.45) is 0. The van der Waals surface area contributed by atoms with Crippen molar-refractivity contribution in [2.75, 3.05) is 5.73 Å². The molecule has 2 rings (SSSR count). The first-order valence-electron chi connectivity index (χ1n) is 4.07. The van der Waals surface area contributed by atoms with Gasteiger partial charge in [-0.05, 0) is 6.07 Å². The van der Waals surface area contributed by atoms with Crippen LogP contribution in [0.5, 0.6) is 5.88 Å². The van der Waals surface area contributed by atoms with Crippen molar-refractivity contribution >= 4 is 23.1 Å². The smallest absolute Gasteiger partial charge is 0.299 e. The minimum atomic E-state index is 0.219. The van der Waals surface area contributed by atoms with Crippen LogP contribution >= 0.6 is 0 Å². The summed E-state index contributed by atoms with van der Waals surface area (Å²) < 4.78 is 4.62. The van der Waals surface area contributed by atoms with Crippen molar-refractivity contribution in [1.82, 2.24) is 4.98 Å². The predicted molar refractivity (Wildman–Crippen MR) is 52.8 cm³/mol. The molecule has 1 heterocycles. The lowest BCUT2D eigenvalue weighted by atomic mass is 10.2. The zero-order chi connectivity index (χ0) is 9.97. The SMILES string of the molecule is Nc1cc(OC=O)nc2ccccc12. The highest BCUT2D eigenvalue weighted by atomic mass is 16.5. The molecule has 0 atom stereocenters. The van der Waals surface area contributed by atoms with E-state index in [4.69, 9.17) is 5.73 Å². The molecule has 0 fully saturated rings. The number of carbonyl (C=O) groups is 1. The van der Waals surface area contributed by atoms with Gasteiger partial charge in [0.25, 0.3) is 6.47 Å². The van der Waals surface area contributed by atoms with Crippen molar-refractivity contribution in [2.45, 2.75) is 0 Å². The monoisotopic (exact) mass is 188 g/mol. The number of rotatable bonds is 2. The highest BCUT2D eigenvalue weighted by Gasteiger charge is 2.02. The average Bonchev–Trinajstić information content (AvgIpc) is 2.18. The molecular formula is C10H8N2O2. The van der Waals surface area contributed by atoms with Gasteiger partial charge in [-0.3, -0.25) is 4.79 Å². The number of aromatic nitrogens is 1. The molecule has 4 heteroatoms. The molecule has 0 amide bonds. The standard InChI is InChI=1S/C10H8N2O2/c11-8-5-10(14-6-13)12-9-4-2-1-3-7(8)9/h1-6H,(H2,11,12). The highest BCUT2D eigenvalue weighted by Crippen LogP contribution is 2.23. The summed E-state index contributed by atoms with van der Waals surface area (Å²) >= 11 is 0. The van der Waals surface area contributed by atoms with Crippen LogP contribution in [0.4, 0.5) is 5.69 Å². The number of pyridine rings is 1. The molecule has 0 bridgehead atoms. The lowest BCUT2D eigenvalue weighted by Crippen LogP contribution is -1.95. The molecule has 2 aromatic rings. The van der Waals surface area contributed by atoms with E-state index < -0.39 is 0 Å². The Labute approximate surface area is 80.3 Å². The lowest BCUT2D eigenvalue weighted by Gasteiger charge is -2.03. The topological polar surface area (TPSA) is 65.2 Å². The van der Waals surface area contributed by atoms with Gasteiger partial charge in [-0.25, -0.2) is 4.98 Å². The second-order valence-electron chi connectivity index (χ2n) is 2.78. The van der Waals surface area contributed by atoms with Crippen LogP contribution in [0.15, 0.2) is 30.3 Å². The van der Waals surface area contributed by atoms with E-state index in [0.717, 1.165) is 5.39 Å². The van der Waals surface area contributed by atoms with Crippen LogP contribution in [-0.2, 0) is 4.79 Å². The largest absolute Gasteiger partial charge is 0.410 e. The third-order valence-corrected chi connectivity index (χ3v) is 1.89. The lowest BCUT2D eigenvalue weighted by molar-refractivity contribution is -0.120. The summed E-state index contributed by atoms with van der Waals surface area (Å²) in [5.41, 5.74) is 7.01. The normalized spacial score (nSPS) is 10.0. The number of hydrogen-bond acceptors (Lipinski definition) is 4. The Kier molecular flexibility index (Phi) is 2.02. The van der Waals surface area contributed by atoms with Gasteiger partial charge in [0.1, 0.15) is 0 Å². The molecule has 2 N–H and O–H groups in total. The fraction of sp³-hybridized carbons (Fsp3) is 0. The number of nitrogens with zero attached hydrogens (tertiary/aromatic N) is 1. The molecule has 0 saturated carbocycles. The Morgan fingerprint density at radius 2 is 2.14 bits per heavy atom. The van der Waals surface area contributed by atoms with E-state index in [9.17, 15) is 4.79 Å². The van der Waals surface area contributed by atoms with Crippen LogP contribution in [0.2, 0.25) is 0 Å². The first kappa shape index (κ1) is 8.50. The summed E-state index contributed by atoms with van der Waals surface area (Å²) in [5.74, 6) is 0.219. The van der Waals surface area contributed by atoms with E-state index in [1.807, 2.05) is 24.3 Å². The summed E-state index contributed by atoms with van der Waals surface area (Å²) in [7, 11) is 0. The Hall–Kier alpha value is -2.10. The van der Waals surface area contributed by atoms with E-state index in [0.29, 0.717) is 17.7 Å². The van der Waals surface area contributed by atoms with Crippen molar-refractivity contribution in [3.63, 3.8) is 0 Å². The van der Waals surface area contributed by atoms with Gasteiger partial charge < -0.3 is 10.5 Å². The van der Waals surface area contributed by atoms with Gasteiger partial charge in [-0.15, -0.1) is 0 Å². The number of anilines is 1. The van der Waals surface area contributed by atoms with Gasteiger partial charge in [0, 0.05) is 17.1 Å². The van der Waals surface area contributed by atoms with Gasteiger partial charge in [-0.2, -0.15) is 0 Å². The molecule has 14 heavy (non-hydrogen) atoms. The van der Waals surface area contributed by atoms with E-state index in [2.05, 4.69) is 9.72 Å². The Morgan fingerprint density at radius 3 is 2.93 bits per heavy atom. The van der Waals surface area contributed by atoms with Crippen molar-refractivity contribution in [3.8, 4) is 5.88 Å². The van der Waals surface area contributed by atoms with E-state index >= 15 is 0 Å². The molecule has 4 nitrogen and oxygen atoms in total. The molecule has 0 aliphatic carbocycles. The average molecular weight is 188 g/mol. The zero-order valence-corrected chi connectivity index (χ0v) is 7.31. The van der Waals surface area contributed by atoms with Crippen LogP contribution in [0.25, 0.3) is 10.9 Å². The first-order chi connectivity index (χ1) is 6.81. The first-order valence-corrected chi connectivity index (χ1v) is 4.07. The van der Waals surface area contributed by atoms with Crippen molar-refractivity contribution in [1.29, 1.82) is 0 Å². The van der Waals surface area contributed by atoms with Crippen LogP contribution in [0, 0.1) is 0 Å². The third kappa shape index (κ3) is 1.37. The number of ether oxygens (including phenoxy) is 1. The molecular weight excluding hydrogens is 180 g/mol. The number of para-hydroxylation sites is 1. The maximum Gasteiger partial charge on any atom is 0.299 e. The summed E-state index contributed by atoms with van der Waals surface area (Å²) in [6, 6.07) is 8.92. The van der Waals surface area contributed by atoms with Crippen LogP contribution in [0.1, 0.15) is 0 Å². The predicted octanol–water partition coefficient (Wildman–Crippen LogP) is 1.35. The molecule has 70 valence electrons. The summed E-state index contributed by atoms with van der Waals surface area (Å²) in [4.78, 5) is 14.2. The highest BCUT2D eigenvalue weighted by molar-refractivity contribution is 5.90. The number of nitrogens with two attached hydrogens (primary N) is 1. The number of fused-ring (bicyclic) bond motifs is 1. The quantitative estimate of drug-likeness (QED) is 0.722. The van der Waals surface area contributed by atoms with Gasteiger partial charge in [0.05, 0.1) is 5.52 Å². The minimum Gasteiger partial charge on any atom is -0.410 e. The molecule has 1 aromatic heterocycles. The third-order valence-electron chi connectivity index (χ3n) is 1.89. The molecule has 0 saturated heterocycles. The van der Waals surface area contributed by atoms with E-state index in [1.165, 1.54) is 6.07 Å². The van der Waals surface area contributed by atoms with Crippen molar-refractivity contribution in [3.05, 3.63) is 30.3 Å². The van der Waals surface area contributed by atoms with Crippen LogP contribution < -0.4 is 10.5 Å². The summed E-state index contributed by atoms with van der Waals surface area (Å²) in [5, 5.41) is 0.853. The molecule has 0 aliphatic heterocycles. The Bertz CT molecular complexity index is 483. The number of hydrogen-bond donors (Lipinski definition) is 1. The van der Waals surface area contributed by atoms with Gasteiger partial charge in [0.15, 0.2) is 0 Å². The fourth-order valence-corrected chi connectivity index (χ4v) is 1.29. The molecule has 1 aromatic carbocycles. The zero-order valence-electron chi connectivity index (χ0n) is 7.31. The summed E-state index contributed by atoms with van der Waals surface area (Å²) in [6.45, 7) is 0.330. The maximum atomic E-state index is 10.1. The second kappa shape index (κ2) is 3.33. The Balaban J connectivity index is 2.65. The van der Waals surface area contributed by atoms with Crippen molar-refractivity contribution in [2.24, 2.45) is 0 Å². The minimum absolute atomic E-state index is 0.219. The second-order valence-corrected chi connectivity index (χ2v) is 2.78. The number of carbonyl (C=O) groups excluding carboxylic acids is 1. The van der Waals surface area contributed by atoms with Gasteiger partial charge >= 0.3 is 0 Å². The van der Waals surface area contributed by atoms with E-state index in [1.54, 1.807) is 0 Å². The molecule has 0 radical (unpaired) electrons. The van der Waals surface area contributed by atoms with Gasteiger partial charge in [0.2, 0.25) is 5.88 Å². The number of nitrogen functional groups attached to an aromatic ring is 1. The maximum absolute atomic E-state index is 10.1. The van der Waals surface area contributed by atoms with Crippen LogP contribution in [0.3, 0.4) is 0 Å². The Morgan fingerprint density at radius 1 is 1.36 bits per heavy atom. The molecule has 0 unspecified atom stereocenters. The van der Waals surface area contributed by atoms with Gasteiger partial charge in [-0.1, -0.05) is 18.2 Å². The van der Waals surface area contributed by atoms with Crippen molar-refractivity contribution < 1.29 is 9.53 Å². The fourth-order valence-electron chi connectivity index (χ4n) is 1.29. The van der Waals surface area contributed by atoms with E-state index in [-0.39, 0.29) is 5.88 Å². The number of benzene rings is 1. The molecule has 0 aliphatic rings. The molecule has 0 spiro atoms.